The predicted octanol–water partition coefficient (Wildman–Crippen LogP) is 15.0. The zero-order valence-electron chi connectivity index (χ0n) is 55.7. The van der Waals surface area contributed by atoms with Crippen LogP contribution in [0.25, 0.3) is 0 Å². The van der Waals surface area contributed by atoms with E-state index < -0.39 is 86.8 Å². The highest BCUT2D eigenvalue weighted by Crippen LogP contribution is 2.30. The fourth-order valence-corrected chi connectivity index (χ4v) is 11.7. The highest BCUT2D eigenvalue weighted by Gasteiger charge is 2.51. The molecule has 0 saturated carbocycles. The van der Waals surface area contributed by atoms with Gasteiger partial charge in [0.25, 0.3) is 0 Å². The third-order valence-corrected chi connectivity index (χ3v) is 17.4. The van der Waals surface area contributed by atoms with Gasteiger partial charge in [0.05, 0.1) is 32.0 Å². The topological polar surface area (TPSA) is 228 Å². The van der Waals surface area contributed by atoms with Crippen LogP contribution in [0.15, 0.2) is 72.9 Å². The number of aliphatic hydroxyl groups excluding tert-OH is 8. The molecule has 0 aromatic heterocycles. The lowest BCUT2D eigenvalue weighted by molar-refractivity contribution is -0.359. The lowest BCUT2D eigenvalue weighted by Gasteiger charge is -2.46. The van der Waals surface area contributed by atoms with Crippen LogP contribution < -0.4 is 5.32 Å². The first-order valence-electron chi connectivity index (χ1n) is 36.2. The number of carbonyl (C=O) groups excluding carboxylic acids is 1. The Hall–Kier alpha value is -2.57. The minimum absolute atomic E-state index is 0.246. The zero-order valence-corrected chi connectivity index (χ0v) is 55.7. The second kappa shape index (κ2) is 58.3. The summed E-state index contributed by atoms with van der Waals surface area (Å²) < 4.78 is 22.9. The van der Waals surface area contributed by atoms with Crippen LogP contribution in [-0.2, 0) is 23.7 Å². The fraction of sp³-hybridized carbons (Fsp3) is 0.824. The molecule has 2 rings (SSSR count). The molecule has 0 spiro atoms. The SMILES string of the molecule is CC/C=C\C/C=C\C/C=C\C/C=C\CCCCCCCCCCCCCCCCCCCCC(=O)NC(COC1OC(CO)C(OC2OC(CO)C(O)C(O)C2O)C(O)C1O)C(O)/C=C/CC/C=C/CCCCCCCCCCCCCCCCCCC. The summed E-state index contributed by atoms with van der Waals surface area (Å²) in [4.78, 5) is 13.3. The van der Waals surface area contributed by atoms with E-state index in [0.717, 1.165) is 57.8 Å². The highest BCUT2D eigenvalue weighted by atomic mass is 16.7. The van der Waals surface area contributed by atoms with Crippen molar-refractivity contribution >= 4 is 5.91 Å². The molecule has 2 aliphatic heterocycles. The van der Waals surface area contributed by atoms with Gasteiger partial charge in [-0.3, -0.25) is 4.79 Å². The number of nitrogens with one attached hydrogen (secondary N) is 1. The molecule has 0 aliphatic carbocycles. The molecule has 14 nitrogen and oxygen atoms in total. The van der Waals surface area contributed by atoms with Gasteiger partial charge in [-0.05, 0) is 70.6 Å². The van der Waals surface area contributed by atoms with Gasteiger partial charge in [-0.15, -0.1) is 0 Å². The number of ether oxygens (including phenoxy) is 4. The van der Waals surface area contributed by atoms with Gasteiger partial charge in [0, 0.05) is 6.42 Å². The Kier molecular flexibility index (Phi) is 54.0. The molecule has 88 heavy (non-hydrogen) atoms. The summed E-state index contributed by atoms with van der Waals surface area (Å²) >= 11 is 0. The lowest BCUT2D eigenvalue weighted by atomic mass is 9.97. The number of hydrogen-bond donors (Lipinski definition) is 9. The molecule has 14 heteroatoms. The number of aliphatic hydroxyl groups is 8. The molecule has 0 radical (unpaired) electrons. The van der Waals surface area contributed by atoms with Crippen LogP contribution in [0.2, 0.25) is 0 Å². The molecular weight excluding hydrogens is 1110 g/mol. The van der Waals surface area contributed by atoms with Crippen molar-refractivity contribution in [2.24, 2.45) is 0 Å². The monoisotopic (exact) mass is 1240 g/mol. The quantitative estimate of drug-likeness (QED) is 0.0204. The number of allylic oxidation sites excluding steroid dienone is 11. The maximum atomic E-state index is 13.3. The first-order chi connectivity index (χ1) is 43.1. The molecule has 9 N–H and O–H groups in total. The van der Waals surface area contributed by atoms with Crippen LogP contribution in [0.3, 0.4) is 0 Å². The number of unbranched alkanes of at least 4 members (excludes halogenated alkanes) is 36. The molecule has 12 atom stereocenters. The Morgan fingerprint density at radius 1 is 0.420 bits per heavy atom. The van der Waals surface area contributed by atoms with E-state index in [2.05, 4.69) is 79.9 Å². The van der Waals surface area contributed by atoms with Crippen molar-refractivity contribution < 1.29 is 64.6 Å². The lowest BCUT2D eigenvalue weighted by Crippen LogP contribution is -2.65. The van der Waals surface area contributed by atoms with Crippen LogP contribution in [0.5, 0.6) is 0 Å². The van der Waals surface area contributed by atoms with E-state index in [4.69, 9.17) is 18.9 Å². The normalized spacial score (nSPS) is 23.6. The predicted molar refractivity (Wildman–Crippen MR) is 360 cm³/mol. The zero-order chi connectivity index (χ0) is 63.8. The van der Waals surface area contributed by atoms with Crippen molar-refractivity contribution in [3.63, 3.8) is 0 Å². The van der Waals surface area contributed by atoms with E-state index in [0.29, 0.717) is 12.8 Å². The summed E-state index contributed by atoms with van der Waals surface area (Å²) in [5, 5.41) is 87.5. The molecule has 0 aromatic rings. The van der Waals surface area contributed by atoms with Gasteiger partial charge < -0.3 is 65.1 Å². The Morgan fingerprint density at radius 2 is 0.795 bits per heavy atom. The smallest absolute Gasteiger partial charge is 0.220 e. The summed E-state index contributed by atoms with van der Waals surface area (Å²) in [7, 11) is 0. The van der Waals surface area contributed by atoms with Crippen molar-refractivity contribution in [3.05, 3.63) is 72.9 Å². The molecule has 2 heterocycles. The van der Waals surface area contributed by atoms with Gasteiger partial charge in [-0.2, -0.15) is 0 Å². The summed E-state index contributed by atoms with van der Waals surface area (Å²) in [5.41, 5.74) is 0. The second-order valence-electron chi connectivity index (χ2n) is 25.3. The van der Waals surface area contributed by atoms with E-state index in [1.54, 1.807) is 6.08 Å². The number of amides is 1. The highest BCUT2D eigenvalue weighted by molar-refractivity contribution is 5.76. The minimum atomic E-state index is -1.79. The van der Waals surface area contributed by atoms with Crippen LogP contribution in [0.1, 0.15) is 296 Å². The molecule has 512 valence electrons. The molecular formula is C74H133NO13. The van der Waals surface area contributed by atoms with E-state index in [1.165, 1.54) is 205 Å². The Labute approximate surface area is 536 Å². The average Bonchev–Trinajstić information content (AvgIpc) is 3.10. The number of carbonyl (C=O) groups is 1. The molecule has 12 unspecified atom stereocenters. The second-order valence-corrected chi connectivity index (χ2v) is 25.3. The third kappa shape index (κ3) is 41.8. The van der Waals surface area contributed by atoms with Gasteiger partial charge in [0.2, 0.25) is 5.91 Å². The number of rotatable bonds is 59. The average molecular weight is 1240 g/mol. The van der Waals surface area contributed by atoms with Crippen molar-refractivity contribution in [2.45, 2.75) is 370 Å². The van der Waals surface area contributed by atoms with Crippen molar-refractivity contribution in [2.75, 3.05) is 19.8 Å². The van der Waals surface area contributed by atoms with E-state index in [1.807, 2.05) is 6.08 Å². The fourth-order valence-electron chi connectivity index (χ4n) is 11.7. The first kappa shape index (κ1) is 81.5. The maximum absolute atomic E-state index is 13.3. The van der Waals surface area contributed by atoms with Gasteiger partial charge >= 0.3 is 0 Å². The van der Waals surface area contributed by atoms with Crippen LogP contribution >= 0.6 is 0 Å². The molecule has 0 bridgehead atoms. The van der Waals surface area contributed by atoms with Crippen molar-refractivity contribution in [1.29, 1.82) is 0 Å². The standard InChI is InChI=1S/C74H133NO13/c1-3-5-7-9-11-13-15-17-19-21-23-25-27-28-29-30-31-32-33-34-36-38-40-42-44-46-48-50-52-54-56-58-66(79)75-62(61-85-73-71(84)69(82)72(65(60-77)87-73)88-74-70(83)68(81)67(80)64(59-76)86-74)63(78)57-55-53-51-49-47-45-43-41-39-37-35-26-24-22-20-18-16-14-12-10-8-6-4-2/h5,7,11,13,17,19,23,25,47,49,55,57,62-65,67-74,76-78,80-84H,3-4,6,8-10,12,14-16,18,20-22,24,26-46,48,50-54,56,58-61H2,1-2H3,(H,75,79)/b7-5-,13-11-,19-17-,25-23-,49-47+,57-55+. The Balaban J connectivity index is 1.67. The largest absolute Gasteiger partial charge is 0.394 e. The summed E-state index contributed by atoms with van der Waals surface area (Å²) in [6.07, 6.45) is 62.5. The van der Waals surface area contributed by atoms with E-state index in [-0.39, 0.29) is 18.9 Å². The molecule has 2 saturated heterocycles. The summed E-state index contributed by atoms with van der Waals surface area (Å²) in [6, 6.07) is -0.935. The van der Waals surface area contributed by atoms with E-state index >= 15 is 0 Å². The van der Waals surface area contributed by atoms with Crippen LogP contribution in [0.4, 0.5) is 0 Å². The Bertz CT molecular complexity index is 1750. The van der Waals surface area contributed by atoms with Crippen molar-refractivity contribution in [3.8, 4) is 0 Å². The van der Waals surface area contributed by atoms with Crippen molar-refractivity contribution in [1.82, 2.24) is 5.32 Å². The third-order valence-electron chi connectivity index (χ3n) is 17.4. The van der Waals surface area contributed by atoms with Gasteiger partial charge in [0.15, 0.2) is 12.6 Å². The van der Waals surface area contributed by atoms with Gasteiger partial charge in [-0.1, -0.05) is 292 Å². The van der Waals surface area contributed by atoms with Crippen LogP contribution in [0, 0.1) is 0 Å². The molecule has 1 amide bonds. The summed E-state index contributed by atoms with van der Waals surface area (Å²) in [5.74, 6) is -0.246. The van der Waals surface area contributed by atoms with E-state index in [9.17, 15) is 45.6 Å². The summed E-state index contributed by atoms with van der Waals surface area (Å²) in [6.45, 7) is 2.71. The minimum Gasteiger partial charge on any atom is -0.394 e. The van der Waals surface area contributed by atoms with Crippen LogP contribution in [-0.4, -0.2) is 140 Å². The van der Waals surface area contributed by atoms with Gasteiger partial charge in [0.1, 0.15) is 48.8 Å². The molecule has 0 aromatic carbocycles. The Morgan fingerprint density at radius 3 is 1.25 bits per heavy atom. The number of hydrogen-bond acceptors (Lipinski definition) is 13. The molecule has 2 aliphatic rings. The first-order valence-corrected chi connectivity index (χ1v) is 36.2. The van der Waals surface area contributed by atoms with Gasteiger partial charge in [-0.25, -0.2) is 0 Å². The maximum Gasteiger partial charge on any atom is 0.220 e. The molecule has 2 fully saturated rings.